The molecule has 116 valence electrons. The maximum atomic E-state index is 11.8. The largest absolute Gasteiger partial charge is 0.492 e. The van der Waals surface area contributed by atoms with Crippen LogP contribution in [0.5, 0.6) is 5.75 Å². The molecule has 0 N–H and O–H groups in total. The first-order valence-corrected chi connectivity index (χ1v) is 7.74. The number of ether oxygens (including phenoxy) is 2. The molecule has 0 aliphatic carbocycles. The normalized spacial score (nSPS) is 10.1. The number of halogens is 1. The van der Waals surface area contributed by atoms with Gasteiger partial charge in [-0.15, -0.1) is 0 Å². The standard InChI is InChI=1S/C17H18BrNO3/c1-19(11-12-21-16-9-7-15(18)8-10-16)17(20)22-13-14-5-3-2-4-6-14/h2-10H,11-13H2,1H3. The zero-order valence-electron chi connectivity index (χ0n) is 12.4. The van der Waals surface area contributed by atoms with Crippen molar-refractivity contribution >= 4 is 22.0 Å². The number of nitrogens with zero attached hydrogens (tertiary/aromatic N) is 1. The predicted octanol–water partition coefficient (Wildman–Crippen LogP) is 4.10. The van der Waals surface area contributed by atoms with Crippen molar-refractivity contribution in [2.75, 3.05) is 20.2 Å². The minimum Gasteiger partial charge on any atom is -0.492 e. The van der Waals surface area contributed by atoms with E-state index in [1.807, 2.05) is 54.6 Å². The van der Waals surface area contributed by atoms with Crippen LogP contribution in [0.3, 0.4) is 0 Å². The van der Waals surface area contributed by atoms with Crippen LogP contribution in [-0.4, -0.2) is 31.2 Å². The lowest BCUT2D eigenvalue weighted by atomic mass is 10.2. The molecular formula is C17H18BrNO3. The second-order valence-corrected chi connectivity index (χ2v) is 5.68. The van der Waals surface area contributed by atoms with E-state index in [1.165, 1.54) is 4.90 Å². The van der Waals surface area contributed by atoms with Gasteiger partial charge >= 0.3 is 6.09 Å². The number of rotatable bonds is 6. The van der Waals surface area contributed by atoms with Crippen molar-refractivity contribution in [3.05, 3.63) is 64.6 Å². The smallest absolute Gasteiger partial charge is 0.409 e. The summed E-state index contributed by atoms with van der Waals surface area (Å²) >= 11 is 3.37. The van der Waals surface area contributed by atoms with Gasteiger partial charge in [-0.25, -0.2) is 4.79 Å². The lowest BCUT2D eigenvalue weighted by Crippen LogP contribution is -2.31. The molecule has 2 aromatic carbocycles. The molecule has 2 aromatic rings. The van der Waals surface area contributed by atoms with Crippen molar-refractivity contribution in [2.24, 2.45) is 0 Å². The fourth-order valence-corrected chi connectivity index (χ4v) is 2.02. The van der Waals surface area contributed by atoms with E-state index in [0.29, 0.717) is 13.2 Å². The molecule has 0 spiro atoms. The van der Waals surface area contributed by atoms with Crippen molar-refractivity contribution in [3.8, 4) is 5.75 Å². The maximum Gasteiger partial charge on any atom is 0.409 e. The molecule has 0 fully saturated rings. The molecule has 0 unspecified atom stereocenters. The highest BCUT2D eigenvalue weighted by Crippen LogP contribution is 2.15. The number of likely N-dealkylation sites (N-methyl/N-ethyl adjacent to an activating group) is 1. The zero-order chi connectivity index (χ0) is 15.8. The second-order valence-electron chi connectivity index (χ2n) is 4.76. The van der Waals surface area contributed by atoms with Crippen LogP contribution in [0.2, 0.25) is 0 Å². The molecule has 0 heterocycles. The number of carbonyl (C=O) groups excluding carboxylic acids is 1. The SMILES string of the molecule is CN(CCOc1ccc(Br)cc1)C(=O)OCc1ccccc1. The Balaban J connectivity index is 1.69. The molecule has 0 bridgehead atoms. The number of amides is 1. The van der Waals surface area contributed by atoms with Crippen LogP contribution in [0.25, 0.3) is 0 Å². The van der Waals surface area contributed by atoms with Gasteiger partial charge in [0.15, 0.2) is 0 Å². The van der Waals surface area contributed by atoms with Crippen molar-refractivity contribution in [3.63, 3.8) is 0 Å². The van der Waals surface area contributed by atoms with E-state index in [4.69, 9.17) is 9.47 Å². The van der Waals surface area contributed by atoms with E-state index in [2.05, 4.69) is 15.9 Å². The van der Waals surface area contributed by atoms with Crippen molar-refractivity contribution in [2.45, 2.75) is 6.61 Å². The lowest BCUT2D eigenvalue weighted by molar-refractivity contribution is 0.0994. The van der Waals surface area contributed by atoms with Crippen LogP contribution in [0.4, 0.5) is 4.79 Å². The Morgan fingerprint density at radius 3 is 2.45 bits per heavy atom. The van der Waals surface area contributed by atoms with Gasteiger partial charge in [0.25, 0.3) is 0 Å². The predicted molar refractivity (Wildman–Crippen MR) is 88.9 cm³/mol. The molecule has 22 heavy (non-hydrogen) atoms. The summed E-state index contributed by atoms with van der Waals surface area (Å²) in [6.45, 7) is 1.15. The molecule has 0 aliphatic rings. The van der Waals surface area contributed by atoms with Crippen LogP contribution in [0.15, 0.2) is 59.1 Å². The summed E-state index contributed by atoms with van der Waals surface area (Å²) in [5.74, 6) is 0.772. The van der Waals surface area contributed by atoms with E-state index in [0.717, 1.165) is 15.8 Å². The topological polar surface area (TPSA) is 38.8 Å². The van der Waals surface area contributed by atoms with E-state index < -0.39 is 0 Å². The average Bonchev–Trinajstić information content (AvgIpc) is 2.55. The van der Waals surface area contributed by atoms with Crippen molar-refractivity contribution in [1.82, 2.24) is 4.90 Å². The summed E-state index contributed by atoms with van der Waals surface area (Å²) in [5, 5.41) is 0. The highest BCUT2D eigenvalue weighted by atomic mass is 79.9. The molecule has 0 radical (unpaired) electrons. The summed E-state index contributed by atoms with van der Waals surface area (Å²) in [6.07, 6.45) is -0.358. The van der Waals surface area contributed by atoms with E-state index in [9.17, 15) is 4.79 Å². The fraction of sp³-hybridized carbons (Fsp3) is 0.235. The first-order valence-electron chi connectivity index (χ1n) is 6.95. The monoisotopic (exact) mass is 363 g/mol. The molecule has 0 aromatic heterocycles. The van der Waals surface area contributed by atoms with Gasteiger partial charge in [0.1, 0.15) is 19.0 Å². The Morgan fingerprint density at radius 2 is 1.77 bits per heavy atom. The summed E-state index contributed by atoms with van der Waals surface area (Å²) < 4.78 is 11.8. The molecule has 2 rings (SSSR count). The fourth-order valence-electron chi connectivity index (χ4n) is 1.75. The molecule has 0 saturated carbocycles. The van der Waals surface area contributed by atoms with Gasteiger partial charge in [-0.1, -0.05) is 46.3 Å². The van der Waals surface area contributed by atoms with Crippen LogP contribution in [-0.2, 0) is 11.3 Å². The highest BCUT2D eigenvalue weighted by Gasteiger charge is 2.10. The molecule has 0 atom stereocenters. The number of hydrogen-bond acceptors (Lipinski definition) is 3. The third-order valence-corrected chi connectivity index (χ3v) is 3.55. The van der Waals surface area contributed by atoms with Crippen LogP contribution < -0.4 is 4.74 Å². The Labute approximate surface area is 138 Å². The van der Waals surface area contributed by atoms with Crippen LogP contribution in [0, 0.1) is 0 Å². The second kappa shape index (κ2) is 8.44. The van der Waals surface area contributed by atoms with E-state index >= 15 is 0 Å². The number of hydrogen-bond donors (Lipinski definition) is 0. The summed E-state index contributed by atoms with van der Waals surface area (Å²) in [7, 11) is 1.69. The quantitative estimate of drug-likeness (QED) is 0.775. The van der Waals surface area contributed by atoms with Gasteiger partial charge in [-0.3, -0.25) is 0 Å². The molecule has 0 aliphatic heterocycles. The van der Waals surface area contributed by atoms with Gasteiger partial charge in [0, 0.05) is 11.5 Å². The minimum absolute atomic E-state index is 0.275. The summed E-state index contributed by atoms with van der Waals surface area (Å²) in [5.41, 5.74) is 0.968. The van der Waals surface area contributed by atoms with Gasteiger partial charge < -0.3 is 14.4 Å². The Bertz CT molecular complexity index is 587. The third-order valence-electron chi connectivity index (χ3n) is 3.03. The van der Waals surface area contributed by atoms with Gasteiger partial charge in [-0.2, -0.15) is 0 Å². The zero-order valence-corrected chi connectivity index (χ0v) is 14.0. The molecule has 0 saturated heterocycles. The van der Waals surface area contributed by atoms with Crippen molar-refractivity contribution in [1.29, 1.82) is 0 Å². The lowest BCUT2D eigenvalue weighted by Gasteiger charge is -2.17. The van der Waals surface area contributed by atoms with E-state index in [-0.39, 0.29) is 12.7 Å². The first-order chi connectivity index (χ1) is 10.6. The highest BCUT2D eigenvalue weighted by molar-refractivity contribution is 9.10. The van der Waals surface area contributed by atoms with Gasteiger partial charge in [-0.05, 0) is 29.8 Å². The van der Waals surface area contributed by atoms with E-state index in [1.54, 1.807) is 7.05 Å². The molecular weight excluding hydrogens is 346 g/mol. The number of benzene rings is 2. The van der Waals surface area contributed by atoms with Crippen LogP contribution >= 0.6 is 15.9 Å². The Hall–Kier alpha value is -2.01. The van der Waals surface area contributed by atoms with Crippen molar-refractivity contribution < 1.29 is 14.3 Å². The van der Waals surface area contributed by atoms with Crippen LogP contribution in [0.1, 0.15) is 5.56 Å². The summed E-state index contributed by atoms with van der Waals surface area (Å²) in [4.78, 5) is 13.3. The average molecular weight is 364 g/mol. The summed E-state index contributed by atoms with van der Waals surface area (Å²) in [6, 6.07) is 17.2. The first kappa shape index (κ1) is 16.4. The minimum atomic E-state index is -0.358. The third kappa shape index (κ3) is 5.41. The Kier molecular flexibility index (Phi) is 6.27. The van der Waals surface area contributed by atoms with Gasteiger partial charge in [0.2, 0.25) is 0 Å². The molecule has 4 nitrogen and oxygen atoms in total. The Morgan fingerprint density at radius 1 is 1.09 bits per heavy atom. The molecule has 1 amide bonds. The maximum absolute atomic E-state index is 11.8. The molecule has 5 heteroatoms. The van der Waals surface area contributed by atoms with Gasteiger partial charge in [0.05, 0.1) is 6.54 Å². The number of carbonyl (C=O) groups is 1.